The van der Waals surface area contributed by atoms with Crippen LogP contribution < -0.4 is 15.4 Å². The van der Waals surface area contributed by atoms with Crippen molar-refractivity contribution in [3.05, 3.63) is 54.6 Å². The highest BCUT2D eigenvalue weighted by molar-refractivity contribution is 5.95. The van der Waals surface area contributed by atoms with E-state index >= 15 is 0 Å². The van der Waals surface area contributed by atoms with E-state index in [1.807, 2.05) is 54.6 Å². The maximum absolute atomic E-state index is 12.5. The molecule has 1 spiro atoms. The van der Waals surface area contributed by atoms with E-state index in [-0.39, 0.29) is 29.6 Å². The molecule has 2 N–H and O–H groups in total. The Bertz CT molecular complexity index is 712. The van der Waals surface area contributed by atoms with Gasteiger partial charge in [-0.25, -0.2) is 0 Å². The molecule has 25 heavy (non-hydrogen) atoms. The minimum absolute atomic E-state index is 0. The molecular weight excluding hydrogens is 336 g/mol. The molecule has 2 aliphatic rings. The summed E-state index contributed by atoms with van der Waals surface area (Å²) < 4.78 is 5.77. The largest absolute Gasteiger partial charge is 0.457 e. The number of carbonyl (C=O) groups excluding carboxylic acids is 1. The number of hydrogen-bond donors (Lipinski definition) is 2. The van der Waals surface area contributed by atoms with Crippen molar-refractivity contribution in [3.63, 3.8) is 0 Å². The number of halogens is 1. The topological polar surface area (TPSA) is 50.4 Å². The van der Waals surface area contributed by atoms with Gasteiger partial charge in [0.15, 0.2) is 0 Å². The lowest BCUT2D eigenvalue weighted by atomic mass is 9.92. The van der Waals surface area contributed by atoms with Gasteiger partial charge in [-0.2, -0.15) is 0 Å². The van der Waals surface area contributed by atoms with Crippen molar-refractivity contribution in [2.45, 2.75) is 19.3 Å². The predicted molar refractivity (Wildman–Crippen MR) is 101 cm³/mol. The van der Waals surface area contributed by atoms with Crippen molar-refractivity contribution >= 4 is 24.0 Å². The number of ether oxygens (including phenoxy) is 1. The third-order valence-corrected chi connectivity index (χ3v) is 5.21. The van der Waals surface area contributed by atoms with Gasteiger partial charge in [0.1, 0.15) is 11.5 Å². The van der Waals surface area contributed by atoms with E-state index in [9.17, 15) is 4.79 Å². The van der Waals surface area contributed by atoms with Crippen molar-refractivity contribution in [3.8, 4) is 11.5 Å². The molecule has 1 saturated carbocycles. The minimum atomic E-state index is 0. The first kappa shape index (κ1) is 17.8. The number of rotatable bonds is 4. The molecule has 132 valence electrons. The molecule has 2 aromatic carbocycles. The molecule has 1 aliphatic carbocycles. The number of benzene rings is 2. The van der Waals surface area contributed by atoms with Crippen molar-refractivity contribution in [1.82, 2.24) is 5.32 Å². The first-order chi connectivity index (χ1) is 11.8. The fraction of sp³-hybridized carbons (Fsp3) is 0.350. The summed E-state index contributed by atoms with van der Waals surface area (Å²) in [5.74, 6) is 1.91. The molecule has 1 atom stereocenters. The van der Waals surface area contributed by atoms with E-state index in [0.717, 1.165) is 49.5 Å². The maximum atomic E-state index is 12.5. The van der Waals surface area contributed by atoms with Crippen LogP contribution in [0.5, 0.6) is 11.5 Å². The average Bonchev–Trinajstić information content (AvgIpc) is 3.31. The van der Waals surface area contributed by atoms with Gasteiger partial charge in [0.2, 0.25) is 5.91 Å². The number of nitrogens with one attached hydrogen (secondary N) is 2. The highest BCUT2D eigenvalue weighted by atomic mass is 35.5. The summed E-state index contributed by atoms with van der Waals surface area (Å²) in [7, 11) is 0. The highest BCUT2D eigenvalue weighted by Gasteiger charge is 2.57. The second kappa shape index (κ2) is 7.46. The van der Waals surface area contributed by atoms with Crippen molar-refractivity contribution < 1.29 is 9.53 Å². The van der Waals surface area contributed by atoms with Gasteiger partial charge in [0.05, 0.1) is 0 Å². The van der Waals surface area contributed by atoms with Crippen LogP contribution in [-0.4, -0.2) is 19.0 Å². The van der Waals surface area contributed by atoms with Gasteiger partial charge >= 0.3 is 0 Å². The monoisotopic (exact) mass is 358 g/mol. The first-order valence-corrected chi connectivity index (χ1v) is 8.60. The normalized spacial score (nSPS) is 20.4. The van der Waals surface area contributed by atoms with Crippen LogP contribution in [0.15, 0.2) is 54.6 Å². The van der Waals surface area contributed by atoms with E-state index in [4.69, 9.17) is 4.74 Å². The van der Waals surface area contributed by atoms with Crippen LogP contribution in [0.25, 0.3) is 0 Å². The molecule has 1 amide bonds. The van der Waals surface area contributed by atoms with E-state index < -0.39 is 0 Å². The Hall–Kier alpha value is -2.04. The smallest absolute Gasteiger partial charge is 0.228 e. The summed E-state index contributed by atoms with van der Waals surface area (Å²) in [4.78, 5) is 12.5. The zero-order valence-electron chi connectivity index (χ0n) is 14.0. The zero-order valence-corrected chi connectivity index (χ0v) is 14.9. The summed E-state index contributed by atoms with van der Waals surface area (Å²) in [6.45, 7) is 2.07. The summed E-state index contributed by atoms with van der Waals surface area (Å²) in [6.07, 6.45) is 3.28. The molecule has 0 aromatic heterocycles. The van der Waals surface area contributed by atoms with E-state index in [0.29, 0.717) is 0 Å². The molecule has 1 unspecified atom stereocenters. The number of amides is 1. The molecule has 0 radical (unpaired) electrons. The molecular formula is C20H23ClN2O2. The lowest BCUT2D eigenvalue weighted by Crippen LogP contribution is -2.31. The van der Waals surface area contributed by atoms with Gasteiger partial charge in [-0.1, -0.05) is 18.2 Å². The van der Waals surface area contributed by atoms with Crippen LogP contribution in [0.3, 0.4) is 0 Å². The van der Waals surface area contributed by atoms with Gasteiger partial charge in [0, 0.05) is 11.6 Å². The van der Waals surface area contributed by atoms with Crippen molar-refractivity contribution in [2.24, 2.45) is 11.3 Å². The Balaban J connectivity index is 0.00000182. The summed E-state index contributed by atoms with van der Waals surface area (Å²) in [5.41, 5.74) is 1.10. The molecule has 0 bridgehead atoms. The quantitative estimate of drug-likeness (QED) is 0.859. The summed E-state index contributed by atoms with van der Waals surface area (Å²) in [6, 6.07) is 17.2. The Morgan fingerprint density at radius 3 is 2.32 bits per heavy atom. The predicted octanol–water partition coefficient (Wildman–Crippen LogP) is 4.23. The van der Waals surface area contributed by atoms with E-state index in [2.05, 4.69) is 10.6 Å². The maximum Gasteiger partial charge on any atom is 0.228 e. The van der Waals surface area contributed by atoms with Gasteiger partial charge in [-0.3, -0.25) is 4.79 Å². The van der Waals surface area contributed by atoms with Crippen LogP contribution in [0.2, 0.25) is 0 Å². The fourth-order valence-corrected chi connectivity index (χ4v) is 3.66. The number of carbonyl (C=O) groups is 1. The van der Waals surface area contributed by atoms with E-state index in [1.165, 1.54) is 0 Å². The Morgan fingerprint density at radius 1 is 1.00 bits per heavy atom. The van der Waals surface area contributed by atoms with Crippen LogP contribution in [0.1, 0.15) is 19.3 Å². The number of anilines is 1. The second-order valence-electron chi connectivity index (χ2n) is 6.80. The molecule has 1 aliphatic heterocycles. The van der Waals surface area contributed by atoms with E-state index in [1.54, 1.807) is 0 Å². The Kier molecular flexibility index (Phi) is 5.30. The third kappa shape index (κ3) is 3.97. The molecule has 1 saturated heterocycles. The Morgan fingerprint density at radius 2 is 1.64 bits per heavy atom. The SMILES string of the molecule is Cl.O=C(Nc1ccc(Oc2ccccc2)cc1)C1CC12CCNCC2. The summed E-state index contributed by atoms with van der Waals surface area (Å²) in [5, 5.41) is 6.42. The molecule has 1 heterocycles. The third-order valence-electron chi connectivity index (χ3n) is 5.21. The fourth-order valence-electron chi connectivity index (χ4n) is 3.66. The number of para-hydroxylation sites is 1. The van der Waals surface area contributed by atoms with Crippen molar-refractivity contribution in [1.29, 1.82) is 0 Å². The van der Waals surface area contributed by atoms with Gasteiger partial charge in [-0.05, 0) is 74.2 Å². The lowest BCUT2D eigenvalue weighted by molar-refractivity contribution is -0.118. The Labute approximate surface area is 154 Å². The van der Waals surface area contributed by atoms with Crippen LogP contribution in [0, 0.1) is 11.3 Å². The zero-order chi connectivity index (χ0) is 16.4. The van der Waals surface area contributed by atoms with Gasteiger partial charge < -0.3 is 15.4 Å². The lowest BCUT2D eigenvalue weighted by Gasteiger charge is -2.23. The molecule has 4 nitrogen and oxygen atoms in total. The molecule has 2 aromatic rings. The van der Waals surface area contributed by atoms with Crippen LogP contribution >= 0.6 is 12.4 Å². The van der Waals surface area contributed by atoms with Crippen LogP contribution in [0.4, 0.5) is 5.69 Å². The number of hydrogen-bond acceptors (Lipinski definition) is 3. The molecule has 5 heteroatoms. The standard InChI is InChI=1S/C20H22N2O2.ClH/c23-19(18-14-20(18)10-12-21-13-11-20)22-15-6-8-17(9-7-15)24-16-4-2-1-3-5-16;/h1-9,18,21H,10-14H2,(H,22,23);1H. The average molecular weight is 359 g/mol. The minimum Gasteiger partial charge on any atom is -0.457 e. The second-order valence-corrected chi connectivity index (χ2v) is 6.80. The number of piperidine rings is 1. The van der Waals surface area contributed by atoms with Gasteiger partial charge in [0.25, 0.3) is 0 Å². The van der Waals surface area contributed by atoms with Gasteiger partial charge in [-0.15, -0.1) is 12.4 Å². The molecule has 4 rings (SSSR count). The summed E-state index contributed by atoms with van der Waals surface area (Å²) >= 11 is 0. The first-order valence-electron chi connectivity index (χ1n) is 8.60. The highest BCUT2D eigenvalue weighted by Crippen LogP contribution is 2.58. The molecule has 2 fully saturated rings. The van der Waals surface area contributed by atoms with Crippen LogP contribution in [-0.2, 0) is 4.79 Å². The van der Waals surface area contributed by atoms with Crippen molar-refractivity contribution in [2.75, 3.05) is 18.4 Å².